The van der Waals surface area contributed by atoms with Gasteiger partial charge in [-0.1, -0.05) is 73.7 Å². The van der Waals surface area contributed by atoms with Crippen LogP contribution in [0.15, 0.2) is 84.9 Å². The molecule has 4 aromatic carbocycles. The standard InChI is InChI=1S/C33H30O6/c1-4-21-37-25-17-15-24(16-18-25)33(23-11-7-6-8-12-23)20-19-28-29(32(35)36-5-2)31(38-22(3)34)27-14-10-9-13-26(27)30(28)39-33/h6-20H,4-5,21H2,1-3H3. The Hall–Kier alpha value is -4.58. The van der Waals surface area contributed by atoms with Crippen molar-refractivity contribution in [2.24, 2.45) is 0 Å². The summed E-state index contributed by atoms with van der Waals surface area (Å²) in [7, 11) is 0. The first-order chi connectivity index (χ1) is 19.0. The molecule has 0 aliphatic carbocycles. The molecular weight excluding hydrogens is 492 g/mol. The molecule has 1 aliphatic rings. The maximum absolute atomic E-state index is 13.3. The number of carbonyl (C=O) groups is 2. The number of ether oxygens (including phenoxy) is 4. The molecule has 1 unspecified atom stereocenters. The highest BCUT2D eigenvalue weighted by atomic mass is 16.5. The predicted molar refractivity (Wildman–Crippen MR) is 150 cm³/mol. The Morgan fingerprint density at radius 2 is 1.51 bits per heavy atom. The topological polar surface area (TPSA) is 71.1 Å². The van der Waals surface area contributed by atoms with Crippen molar-refractivity contribution in [3.8, 4) is 17.2 Å². The SMILES string of the molecule is CCCOc1ccc(C2(c3ccccc3)C=Cc3c(C(=O)OCC)c(OC(C)=O)c4ccccc4c3O2)cc1. The third kappa shape index (κ3) is 4.86. The van der Waals surface area contributed by atoms with Crippen molar-refractivity contribution in [1.82, 2.24) is 0 Å². The fourth-order valence-corrected chi connectivity index (χ4v) is 4.90. The van der Waals surface area contributed by atoms with Crippen LogP contribution in [-0.4, -0.2) is 25.2 Å². The van der Waals surface area contributed by atoms with Crippen LogP contribution < -0.4 is 14.2 Å². The van der Waals surface area contributed by atoms with Crippen LogP contribution in [0.25, 0.3) is 16.8 Å². The smallest absolute Gasteiger partial charge is 0.342 e. The predicted octanol–water partition coefficient (Wildman–Crippen LogP) is 7.08. The van der Waals surface area contributed by atoms with Gasteiger partial charge in [0.2, 0.25) is 0 Å². The average molecular weight is 523 g/mol. The zero-order valence-electron chi connectivity index (χ0n) is 22.2. The van der Waals surface area contributed by atoms with Gasteiger partial charge >= 0.3 is 11.9 Å². The van der Waals surface area contributed by atoms with E-state index in [-0.39, 0.29) is 17.9 Å². The van der Waals surface area contributed by atoms with Crippen LogP contribution in [0.1, 0.15) is 54.2 Å². The Bertz CT molecular complexity index is 1540. The Morgan fingerprint density at radius 3 is 2.18 bits per heavy atom. The van der Waals surface area contributed by atoms with Gasteiger partial charge in [-0.05, 0) is 37.6 Å². The number of fused-ring (bicyclic) bond motifs is 3. The normalized spacial score (nSPS) is 15.8. The zero-order chi connectivity index (χ0) is 27.4. The lowest BCUT2D eigenvalue weighted by atomic mass is 9.82. The highest BCUT2D eigenvalue weighted by Gasteiger charge is 2.40. The molecule has 0 N–H and O–H groups in total. The van der Waals surface area contributed by atoms with Gasteiger partial charge in [-0.2, -0.15) is 0 Å². The molecule has 6 nitrogen and oxygen atoms in total. The van der Waals surface area contributed by atoms with Crippen LogP contribution in [0.4, 0.5) is 0 Å². The largest absolute Gasteiger partial charge is 0.494 e. The van der Waals surface area contributed by atoms with Crippen molar-refractivity contribution in [3.63, 3.8) is 0 Å². The van der Waals surface area contributed by atoms with Crippen LogP contribution in [0.3, 0.4) is 0 Å². The Labute approximate surface area is 227 Å². The molecule has 0 saturated heterocycles. The van der Waals surface area contributed by atoms with Crippen LogP contribution in [-0.2, 0) is 15.1 Å². The maximum atomic E-state index is 13.3. The van der Waals surface area contributed by atoms with Gasteiger partial charge in [0.05, 0.1) is 13.2 Å². The molecule has 0 saturated carbocycles. The van der Waals surface area contributed by atoms with Crippen molar-refractivity contribution in [2.45, 2.75) is 32.8 Å². The third-order valence-corrected chi connectivity index (χ3v) is 6.59. The van der Waals surface area contributed by atoms with E-state index in [2.05, 4.69) is 6.92 Å². The first-order valence-electron chi connectivity index (χ1n) is 13.1. The van der Waals surface area contributed by atoms with E-state index in [1.807, 2.05) is 91.0 Å². The van der Waals surface area contributed by atoms with Crippen molar-refractivity contribution in [3.05, 3.63) is 107 Å². The fourth-order valence-electron chi connectivity index (χ4n) is 4.90. The number of benzene rings is 4. The molecule has 0 aromatic heterocycles. The van der Waals surface area contributed by atoms with Crippen molar-refractivity contribution < 1.29 is 28.5 Å². The second-order valence-electron chi connectivity index (χ2n) is 9.22. The van der Waals surface area contributed by atoms with Crippen LogP contribution in [0.2, 0.25) is 0 Å². The minimum absolute atomic E-state index is 0.155. The lowest BCUT2D eigenvalue weighted by Gasteiger charge is -2.37. The molecule has 0 spiro atoms. The zero-order valence-corrected chi connectivity index (χ0v) is 22.2. The molecule has 0 bridgehead atoms. The second kappa shape index (κ2) is 11.0. The summed E-state index contributed by atoms with van der Waals surface area (Å²) in [5.41, 5.74) is 1.47. The minimum atomic E-state index is -0.991. The number of carbonyl (C=O) groups excluding carboxylic acids is 2. The van der Waals surface area contributed by atoms with Crippen molar-refractivity contribution in [2.75, 3.05) is 13.2 Å². The van der Waals surface area contributed by atoms with Gasteiger partial charge in [0.15, 0.2) is 11.4 Å². The van der Waals surface area contributed by atoms with E-state index in [1.165, 1.54) is 6.92 Å². The highest BCUT2D eigenvalue weighted by molar-refractivity contribution is 6.09. The van der Waals surface area contributed by atoms with E-state index in [4.69, 9.17) is 18.9 Å². The van der Waals surface area contributed by atoms with E-state index < -0.39 is 17.5 Å². The fraction of sp³-hybridized carbons (Fsp3) is 0.212. The molecule has 0 radical (unpaired) electrons. The molecule has 1 aliphatic heterocycles. The Balaban J connectivity index is 1.76. The summed E-state index contributed by atoms with van der Waals surface area (Å²) in [5, 5.41) is 1.29. The maximum Gasteiger partial charge on any atom is 0.342 e. The third-order valence-electron chi connectivity index (χ3n) is 6.59. The second-order valence-corrected chi connectivity index (χ2v) is 9.22. The molecule has 39 heavy (non-hydrogen) atoms. The van der Waals surface area contributed by atoms with Crippen LogP contribution in [0.5, 0.6) is 17.2 Å². The summed E-state index contributed by atoms with van der Waals surface area (Å²) in [6, 6.07) is 25.2. The van der Waals surface area contributed by atoms with Gasteiger partial charge in [0, 0.05) is 34.4 Å². The summed E-state index contributed by atoms with van der Waals surface area (Å²) in [5.74, 6) is 0.324. The molecule has 1 heterocycles. The Kier molecular flexibility index (Phi) is 7.37. The van der Waals surface area contributed by atoms with Gasteiger partial charge < -0.3 is 18.9 Å². The first-order valence-corrected chi connectivity index (χ1v) is 13.1. The van der Waals surface area contributed by atoms with E-state index in [0.717, 1.165) is 23.3 Å². The van der Waals surface area contributed by atoms with Crippen LogP contribution in [0, 0.1) is 0 Å². The van der Waals surface area contributed by atoms with E-state index >= 15 is 0 Å². The summed E-state index contributed by atoms with van der Waals surface area (Å²) in [6.07, 6.45) is 4.71. The Morgan fingerprint density at radius 1 is 0.846 bits per heavy atom. The van der Waals surface area contributed by atoms with Gasteiger partial charge in [0.1, 0.15) is 17.1 Å². The molecule has 6 heteroatoms. The lowest BCUT2D eigenvalue weighted by Crippen LogP contribution is -2.34. The first kappa shape index (κ1) is 26.0. The summed E-state index contributed by atoms with van der Waals surface area (Å²) in [6.45, 7) is 5.92. The summed E-state index contributed by atoms with van der Waals surface area (Å²) in [4.78, 5) is 25.4. The number of rotatable bonds is 8. The quantitative estimate of drug-likeness (QED) is 0.182. The van der Waals surface area contributed by atoms with E-state index in [0.29, 0.717) is 28.7 Å². The minimum Gasteiger partial charge on any atom is -0.494 e. The molecule has 198 valence electrons. The molecule has 4 aromatic rings. The van der Waals surface area contributed by atoms with Gasteiger partial charge in [-0.3, -0.25) is 4.79 Å². The van der Waals surface area contributed by atoms with Gasteiger partial charge in [-0.15, -0.1) is 0 Å². The number of hydrogen-bond acceptors (Lipinski definition) is 6. The molecular formula is C33H30O6. The molecule has 5 rings (SSSR count). The van der Waals surface area contributed by atoms with Crippen molar-refractivity contribution >= 4 is 28.8 Å². The van der Waals surface area contributed by atoms with E-state index in [1.54, 1.807) is 6.92 Å². The summed E-state index contributed by atoms with van der Waals surface area (Å²) < 4.78 is 23.8. The molecule has 0 amide bonds. The van der Waals surface area contributed by atoms with Gasteiger partial charge in [0.25, 0.3) is 0 Å². The molecule has 0 fully saturated rings. The number of hydrogen-bond donors (Lipinski definition) is 0. The van der Waals surface area contributed by atoms with Gasteiger partial charge in [-0.25, -0.2) is 4.79 Å². The average Bonchev–Trinajstić information content (AvgIpc) is 2.96. The van der Waals surface area contributed by atoms with Crippen molar-refractivity contribution in [1.29, 1.82) is 0 Å². The van der Waals surface area contributed by atoms with Crippen LogP contribution >= 0.6 is 0 Å². The lowest BCUT2D eigenvalue weighted by molar-refractivity contribution is -0.131. The monoisotopic (exact) mass is 522 g/mol. The molecule has 1 atom stereocenters. The summed E-state index contributed by atoms with van der Waals surface area (Å²) >= 11 is 0. The number of esters is 2. The highest BCUT2D eigenvalue weighted by Crippen LogP contribution is 2.49. The van der Waals surface area contributed by atoms with E-state index in [9.17, 15) is 9.59 Å².